The number of nitriles is 1. The topological polar surface area (TPSA) is 108 Å². The van der Waals surface area contributed by atoms with Crippen molar-refractivity contribution in [1.82, 2.24) is 20.0 Å². The highest BCUT2D eigenvalue weighted by Crippen LogP contribution is 2.19. The van der Waals surface area contributed by atoms with E-state index in [1.807, 2.05) is 33.8 Å². The Morgan fingerprint density at radius 1 is 1.54 bits per heavy atom. The summed E-state index contributed by atoms with van der Waals surface area (Å²) in [6.45, 7) is 7.34. The van der Waals surface area contributed by atoms with Crippen LogP contribution in [0.2, 0.25) is 0 Å². The molecule has 0 spiro atoms. The Bertz CT molecular complexity index is 750. The van der Waals surface area contributed by atoms with Gasteiger partial charge >= 0.3 is 6.09 Å². The molecule has 8 nitrogen and oxygen atoms in total. The van der Waals surface area contributed by atoms with E-state index in [9.17, 15) is 4.79 Å². The van der Waals surface area contributed by atoms with Gasteiger partial charge in [0.2, 0.25) is 0 Å². The number of nitrogens with zero attached hydrogens (tertiary/aromatic N) is 4. The number of likely N-dealkylation sites (N-methyl/N-ethyl adjacent to an activating group) is 1. The maximum atomic E-state index is 12.1. The summed E-state index contributed by atoms with van der Waals surface area (Å²) < 4.78 is 10.5. The molecule has 128 valence electrons. The monoisotopic (exact) mass is 331 g/mol. The van der Waals surface area contributed by atoms with E-state index in [0.717, 1.165) is 0 Å². The lowest BCUT2D eigenvalue weighted by Crippen LogP contribution is -2.40. The minimum atomic E-state index is -0.545. The van der Waals surface area contributed by atoms with Crippen molar-refractivity contribution < 1.29 is 14.1 Å². The number of carbonyl (C=O) groups is 1. The molecule has 2 aromatic heterocycles. The Balaban J connectivity index is 2.01. The van der Waals surface area contributed by atoms with Crippen LogP contribution in [0, 0.1) is 11.3 Å². The average molecular weight is 331 g/mol. The van der Waals surface area contributed by atoms with Crippen LogP contribution < -0.4 is 0 Å². The lowest BCUT2D eigenvalue weighted by Gasteiger charge is -2.28. The predicted octanol–water partition coefficient (Wildman–Crippen LogP) is 2.73. The Labute approximate surface area is 140 Å². The zero-order valence-electron chi connectivity index (χ0n) is 14.5. The highest BCUT2D eigenvalue weighted by Gasteiger charge is 2.24. The minimum Gasteiger partial charge on any atom is -0.444 e. The number of ether oxygens (including phenoxy) is 1. The molecule has 1 amide bonds. The third-order valence-corrected chi connectivity index (χ3v) is 3.34. The van der Waals surface area contributed by atoms with Crippen LogP contribution in [0.15, 0.2) is 16.8 Å². The van der Waals surface area contributed by atoms with Crippen LogP contribution in [0.1, 0.15) is 39.2 Å². The van der Waals surface area contributed by atoms with Crippen molar-refractivity contribution in [2.24, 2.45) is 0 Å². The van der Waals surface area contributed by atoms with Gasteiger partial charge in [0.05, 0.1) is 5.56 Å². The molecule has 0 radical (unpaired) electrons. The molecule has 0 aliphatic heterocycles. The number of H-pyrrole nitrogens is 1. The fraction of sp³-hybridized carbons (Fsp3) is 0.500. The summed E-state index contributed by atoms with van der Waals surface area (Å²) in [4.78, 5) is 20.7. The lowest BCUT2D eigenvalue weighted by atomic mass is 10.2. The van der Waals surface area contributed by atoms with E-state index < -0.39 is 11.7 Å². The van der Waals surface area contributed by atoms with Gasteiger partial charge in [0, 0.05) is 25.7 Å². The van der Waals surface area contributed by atoms with E-state index >= 15 is 0 Å². The van der Waals surface area contributed by atoms with Crippen LogP contribution >= 0.6 is 0 Å². The number of aromatic nitrogens is 3. The molecule has 0 saturated heterocycles. The number of nitrogens with one attached hydrogen (secondary N) is 1. The summed E-state index contributed by atoms with van der Waals surface area (Å²) in [7, 11) is 1.67. The zero-order chi connectivity index (χ0) is 17.9. The van der Waals surface area contributed by atoms with Crippen molar-refractivity contribution >= 4 is 6.09 Å². The Morgan fingerprint density at radius 2 is 2.25 bits per heavy atom. The van der Waals surface area contributed by atoms with Crippen molar-refractivity contribution in [2.75, 3.05) is 7.05 Å². The Kier molecular flexibility index (Phi) is 4.93. The highest BCUT2D eigenvalue weighted by molar-refractivity contribution is 5.68. The van der Waals surface area contributed by atoms with Crippen molar-refractivity contribution in [3.63, 3.8) is 0 Å². The number of carbonyl (C=O) groups excluding carboxylic acids is 1. The van der Waals surface area contributed by atoms with Crippen molar-refractivity contribution in [3.05, 3.63) is 23.8 Å². The minimum absolute atomic E-state index is 0.161. The normalized spacial score (nSPS) is 12.5. The van der Waals surface area contributed by atoms with Crippen molar-refractivity contribution in [3.8, 4) is 17.5 Å². The standard InChI is InChI=1S/C16H21N5O3/c1-10(21(5)15(22)23-16(2,3)4)6-13-19-14(24-20-13)11-7-12(8-17)18-9-11/h7,9-10,18H,6H2,1-5H3/t10-/m1/s1. The number of hydrogen-bond donors (Lipinski definition) is 1. The first-order chi connectivity index (χ1) is 11.2. The van der Waals surface area contributed by atoms with Crippen LogP contribution in [0.3, 0.4) is 0 Å². The highest BCUT2D eigenvalue weighted by atomic mass is 16.6. The molecule has 1 N–H and O–H groups in total. The predicted molar refractivity (Wildman–Crippen MR) is 86.0 cm³/mol. The van der Waals surface area contributed by atoms with Gasteiger partial charge < -0.3 is 19.1 Å². The van der Waals surface area contributed by atoms with Crippen molar-refractivity contribution in [2.45, 2.75) is 45.8 Å². The molecule has 0 fully saturated rings. The van der Waals surface area contributed by atoms with Gasteiger partial charge in [-0.05, 0) is 33.8 Å². The third-order valence-electron chi connectivity index (χ3n) is 3.34. The van der Waals surface area contributed by atoms with Gasteiger partial charge in [-0.3, -0.25) is 0 Å². The van der Waals surface area contributed by atoms with Gasteiger partial charge in [-0.1, -0.05) is 5.16 Å². The van der Waals surface area contributed by atoms with Crippen LogP contribution in [-0.2, 0) is 11.2 Å². The summed E-state index contributed by atoms with van der Waals surface area (Å²) in [5.74, 6) is 0.808. The lowest BCUT2D eigenvalue weighted by molar-refractivity contribution is 0.0234. The molecule has 2 heterocycles. The molecular weight excluding hydrogens is 310 g/mol. The summed E-state index contributed by atoms with van der Waals surface area (Å²) in [5, 5.41) is 12.7. The van der Waals surface area contributed by atoms with Crippen molar-refractivity contribution in [1.29, 1.82) is 5.26 Å². The SMILES string of the molecule is C[C@H](Cc1noc(-c2c[nH]c(C#N)c2)n1)N(C)C(=O)OC(C)(C)C. The largest absolute Gasteiger partial charge is 0.444 e. The van der Waals surface area contributed by atoms with Crippen LogP contribution in [0.5, 0.6) is 0 Å². The van der Waals surface area contributed by atoms with Gasteiger partial charge in [-0.2, -0.15) is 10.2 Å². The van der Waals surface area contributed by atoms with Crippen LogP contribution in [-0.4, -0.2) is 44.8 Å². The quantitative estimate of drug-likeness (QED) is 0.922. The molecule has 24 heavy (non-hydrogen) atoms. The second-order valence-corrected chi connectivity index (χ2v) is 6.57. The maximum Gasteiger partial charge on any atom is 0.410 e. The summed E-state index contributed by atoms with van der Waals surface area (Å²) in [6, 6.07) is 3.47. The number of hydrogen-bond acceptors (Lipinski definition) is 6. The van der Waals surface area contributed by atoms with E-state index in [0.29, 0.717) is 29.4 Å². The number of rotatable bonds is 4. The Hall–Kier alpha value is -2.82. The Morgan fingerprint density at radius 3 is 2.83 bits per heavy atom. The first-order valence-electron chi connectivity index (χ1n) is 7.57. The molecule has 0 unspecified atom stereocenters. The first-order valence-corrected chi connectivity index (χ1v) is 7.57. The fourth-order valence-electron chi connectivity index (χ4n) is 1.95. The number of amides is 1. The second kappa shape index (κ2) is 6.74. The molecule has 2 rings (SSSR count). The van der Waals surface area contributed by atoms with Gasteiger partial charge in [0.1, 0.15) is 17.4 Å². The van der Waals surface area contributed by atoms with Gasteiger partial charge in [-0.25, -0.2) is 4.79 Å². The zero-order valence-corrected chi connectivity index (χ0v) is 14.5. The van der Waals surface area contributed by atoms with Crippen LogP contribution in [0.4, 0.5) is 4.79 Å². The molecule has 0 aliphatic carbocycles. The molecule has 0 bridgehead atoms. The second-order valence-electron chi connectivity index (χ2n) is 6.57. The van der Waals surface area contributed by atoms with E-state index in [-0.39, 0.29) is 6.04 Å². The molecule has 0 aliphatic rings. The average Bonchev–Trinajstić information content (AvgIpc) is 3.12. The maximum absolute atomic E-state index is 12.1. The molecule has 8 heteroatoms. The smallest absolute Gasteiger partial charge is 0.410 e. The third kappa shape index (κ3) is 4.35. The van der Waals surface area contributed by atoms with Gasteiger partial charge in [-0.15, -0.1) is 0 Å². The molecular formula is C16H21N5O3. The van der Waals surface area contributed by atoms with Crippen LogP contribution in [0.25, 0.3) is 11.5 Å². The summed E-state index contributed by atoms with van der Waals surface area (Å²) >= 11 is 0. The number of aromatic amines is 1. The molecule has 0 saturated carbocycles. The van der Waals surface area contributed by atoms with E-state index in [1.165, 1.54) is 4.90 Å². The molecule has 2 aromatic rings. The first kappa shape index (κ1) is 17.5. The van der Waals surface area contributed by atoms with Gasteiger partial charge in [0.15, 0.2) is 5.82 Å². The van der Waals surface area contributed by atoms with E-state index in [4.69, 9.17) is 14.5 Å². The van der Waals surface area contributed by atoms with E-state index in [2.05, 4.69) is 15.1 Å². The molecule has 1 atom stereocenters. The summed E-state index contributed by atoms with van der Waals surface area (Å²) in [5.41, 5.74) is 0.526. The van der Waals surface area contributed by atoms with Gasteiger partial charge in [0.25, 0.3) is 5.89 Å². The summed E-state index contributed by atoms with van der Waals surface area (Å²) in [6.07, 6.45) is 1.66. The molecule has 0 aromatic carbocycles. The van der Waals surface area contributed by atoms with E-state index in [1.54, 1.807) is 19.3 Å². The fourth-order valence-corrected chi connectivity index (χ4v) is 1.95.